The molecule has 0 N–H and O–H groups in total. The molecule has 130 valence electrons. The molecule has 4 nitrogen and oxygen atoms in total. The third kappa shape index (κ3) is 3.44. The van der Waals surface area contributed by atoms with Crippen LogP contribution in [0.4, 0.5) is 5.13 Å². The van der Waals surface area contributed by atoms with Gasteiger partial charge in [-0.25, -0.2) is 4.98 Å². The molecule has 2 aliphatic rings. The van der Waals surface area contributed by atoms with E-state index in [0.717, 1.165) is 32.7 Å². The van der Waals surface area contributed by atoms with E-state index >= 15 is 0 Å². The molecule has 2 aromatic rings. The first-order valence-electron chi connectivity index (χ1n) is 9.30. The van der Waals surface area contributed by atoms with Crippen molar-refractivity contribution in [3.63, 3.8) is 0 Å². The lowest BCUT2D eigenvalue weighted by atomic mass is 10.2. The molecule has 0 saturated carbocycles. The Morgan fingerprint density at radius 3 is 2.50 bits per heavy atom. The summed E-state index contributed by atoms with van der Waals surface area (Å²) in [5, 5.41) is 1.20. The molecule has 5 heteroatoms. The highest BCUT2D eigenvalue weighted by Crippen LogP contribution is 2.30. The van der Waals surface area contributed by atoms with Crippen molar-refractivity contribution < 1.29 is 0 Å². The second-order valence-corrected chi connectivity index (χ2v) is 8.41. The molecule has 0 atom stereocenters. The molecule has 1 aromatic heterocycles. The molecule has 2 saturated heterocycles. The highest BCUT2D eigenvalue weighted by molar-refractivity contribution is 7.22. The minimum atomic E-state index is 0.649. The Kier molecular flexibility index (Phi) is 4.74. The standard InChI is InChI=1S/C19H28N4S/c1-15(2)22-9-11-23(12-10-22)19-20-17-13-16(5-6-18(17)24-19)14-21-7-3-4-8-21/h5-6,13,15H,3-4,7-12,14H2,1-2H3. The number of thiazole rings is 1. The van der Waals surface area contributed by atoms with Crippen LogP contribution in [0.2, 0.25) is 0 Å². The van der Waals surface area contributed by atoms with Gasteiger partial charge in [-0.3, -0.25) is 9.80 Å². The van der Waals surface area contributed by atoms with Crippen LogP contribution in [-0.2, 0) is 6.54 Å². The summed E-state index contributed by atoms with van der Waals surface area (Å²) in [6.45, 7) is 12.6. The lowest BCUT2D eigenvalue weighted by Gasteiger charge is -2.36. The Morgan fingerprint density at radius 2 is 1.79 bits per heavy atom. The predicted molar refractivity (Wildman–Crippen MR) is 103 cm³/mol. The largest absolute Gasteiger partial charge is 0.345 e. The van der Waals surface area contributed by atoms with E-state index in [4.69, 9.17) is 4.98 Å². The molecule has 3 heterocycles. The third-order valence-electron chi connectivity index (χ3n) is 5.36. The summed E-state index contributed by atoms with van der Waals surface area (Å²) in [5.41, 5.74) is 2.59. The van der Waals surface area contributed by atoms with E-state index in [0.29, 0.717) is 6.04 Å². The van der Waals surface area contributed by atoms with Crippen molar-refractivity contribution in [2.24, 2.45) is 0 Å². The second kappa shape index (κ2) is 6.98. The van der Waals surface area contributed by atoms with Crippen LogP contribution in [0.5, 0.6) is 0 Å². The summed E-state index contributed by atoms with van der Waals surface area (Å²) in [6.07, 6.45) is 2.71. The second-order valence-electron chi connectivity index (χ2n) is 7.40. The van der Waals surface area contributed by atoms with Crippen LogP contribution in [0.15, 0.2) is 18.2 Å². The number of nitrogens with zero attached hydrogens (tertiary/aromatic N) is 4. The SMILES string of the molecule is CC(C)N1CCN(c2nc3cc(CN4CCCC4)ccc3s2)CC1. The van der Waals surface area contributed by atoms with Crippen LogP contribution in [-0.4, -0.2) is 60.1 Å². The Hall–Kier alpha value is -1.17. The lowest BCUT2D eigenvalue weighted by molar-refractivity contribution is 0.209. The third-order valence-corrected chi connectivity index (χ3v) is 6.46. The van der Waals surface area contributed by atoms with Gasteiger partial charge in [0.1, 0.15) is 0 Å². The fourth-order valence-electron chi connectivity index (χ4n) is 3.82. The predicted octanol–water partition coefficient (Wildman–Crippen LogP) is 3.42. The van der Waals surface area contributed by atoms with Crippen molar-refractivity contribution in [1.29, 1.82) is 0 Å². The molecule has 0 radical (unpaired) electrons. The topological polar surface area (TPSA) is 22.6 Å². The monoisotopic (exact) mass is 344 g/mol. The average Bonchev–Trinajstić information content (AvgIpc) is 3.24. The summed E-state index contributed by atoms with van der Waals surface area (Å²) in [5.74, 6) is 0. The van der Waals surface area contributed by atoms with Gasteiger partial charge in [-0.2, -0.15) is 0 Å². The lowest BCUT2D eigenvalue weighted by Crippen LogP contribution is -2.48. The molecule has 1 aromatic carbocycles. The molecule has 2 fully saturated rings. The quantitative estimate of drug-likeness (QED) is 0.847. The van der Waals surface area contributed by atoms with Crippen molar-refractivity contribution in [2.75, 3.05) is 44.2 Å². The number of likely N-dealkylation sites (tertiary alicyclic amines) is 1. The van der Waals surface area contributed by atoms with Crippen LogP contribution in [0.25, 0.3) is 10.2 Å². The minimum absolute atomic E-state index is 0.649. The molecule has 2 aliphatic heterocycles. The number of piperazine rings is 1. The van der Waals surface area contributed by atoms with E-state index in [-0.39, 0.29) is 0 Å². The van der Waals surface area contributed by atoms with Crippen LogP contribution in [0, 0.1) is 0 Å². The van der Waals surface area contributed by atoms with Crippen molar-refractivity contribution in [3.8, 4) is 0 Å². The van der Waals surface area contributed by atoms with E-state index in [1.54, 1.807) is 0 Å². The van der Waals surface area contributed by atoms with Crippen LogP contribution in [0.1, 0.15) is 32.3 Å². The summed E-state index contributed by atoms with van der Waals surface area (Å²) in [4.78, 5) is 12.5. The van der Waals surface area contributed by atoms with Crippen LogP contribution >= 0.6 is 11.3 Å². The first-order valence-corrected chi connectivity index (χ1v) is 10.1. The average molecular weight is 345 g/mol. The molecule has 24 heavy (non-hydrogen) atoms. The zero-order valence-corrected chi connectivity index (χ0v) is 15.7. The molecule has 0 bridgehead atoms. The van der Waals surface area contributed by atoms with Crippen molar-refractivity contribution in [3.05, 3.63) is 23.8 Å². The first kappa shape index (κ1) is 16.3. The van der Waals surface area contributed by atoms with Gasteiger partial charge in [0, 0.05) is 38.8 Å². The Bertz CT molecular complexity index is 682. The Balaban J connectivity index is 1.47. The van der Waals surface area contributed by atoms with Gasteiger partial charge >= 0.3 is 0 Å². The van der Waals surface area contributed by atoms with Crippen molar-refractivity contribution >= 4 is 26.7 Å². The number of rotatable bonds is 4. The number of anilines is 1. The maximum atomic E-state index is 4.95. The zero-order chi connectivity index (χ0) is 16.5. The van der Waals surface area contributed by atoms with E-state index in [1.165, 1.54) is 46.8 Å². The van der Waals surface area contributed by atoms with Gasteiger partial charge < -0.3 is 4.90 Å². The molecular weight excluding hydrogens is 316 g/mol. The maximum absolute atomic E-state index is 4.95. The normalized spacial score (nSPS) is 20.5. The molecule has 4 rings (SSSR count). The number of aromatic nitrogens is 1. The summed E-state index contributed by atoms with van der Waals surface area (Å²) in [6, 6.07) is 7.51. The van der Waals surface area contributed by atoms with Crippen LogP contribution in [0.3, 0.4) is 0 Å². The van der Waals surface area contributed by atoms with Crippen molar-refractivity contribution in [1.82, 2.24) is 14.8 Å². The first-order chi connectivity index (χ1) is 11.7. The van der Waals surface area contributed by atoms with Gasteiger partial charge in [0.15, 0.2) is 5.13 Å². The van der Waals surface area contributed by atoms with Crippen molar-refractivity contribution in [2.45, 2.75) is 39.3 Å². The van der Waals surface area contributed by atoms with Gasteiger partial charge in [-0.15, -0.1) is 0 Å². The van der Waals surface area contributed by atoms with E-state index in [1.807, 2.05) is 11.3 Å². The number of hydrogen-bond acceptors (Lipinski definition) is 5. The van der Waals surface area contributed by atoms with Gasteiger partial charge in [-0.1, -0.05) is 17.4 Å². The fraction of sp³-hybridized carbons (Fsp3) is 0.632. The van der Waals surface area contributed by atoms with Crippen LogP contribution < -0.4 is 4.90 Å². The number of hydrogen-bond donors (Lipinski definition) is 0. The number of fused-ring (bicyclic) bond motifs is 1. The smallest absolute Gasteiger partial charge is 0.186 e. The Morgan fingerprint density at radius 1 is 1.04 bits per heavy atom. The van der Waals surface area contributed by atoms with Gasteiger partial charge in [-0.05, 0) is 57.5 Å². The molecular formula is C19H28N4S. The molecule has 0 spiro atoms. The highest BCUT2D eigenvalue weighted by Gasteiger charge is 2.21. The number of benzene rings is 1. The van der Waals surface area contributed by atoms with E-state index < -0.39 is 0 Å². The molecule has 0 amide bonds. The fourth-order valence-corrected chi connectivity index (χ4v) is 4.82. The zero-order valence-electron chi connectivity index (χ0n) is 14.9. The summed E-state index contributed by atoms with van der Waals surface area (Å²) >= 11 is 1.85. The minimum Gasteiger partial charge on any atom is -0.345 e. The maximum Gasteiger partial charge on any atom is 0.186 e. The molecule has 0 unspecified atom stereocenters. The highest BCUT2D eigenvalue weighted by atomic mass is 32.1. The van der Waals surface area contributed by atoms with E-state index in [9.17, 15) is 0 Å². The van der Waals surface area contributed by atoms with E-state index in [2.05, 4.69) is 46.7 Å². The summed E-state index contributed by atoms with van der Waals surface area (Å²) < 4.78 is 1.32. The van der Waals surface area contributed by atoms with Gasteiger partial charge in [0.25, 0.3) is 0 Å². The Labute approximate surface area is 149 Å². The molecule has 0 aliphatic carbocycles. The van der Waals surface area contributed by atoms with Gasteiger partial charge in [0.05, 0.1) is 10.2 Å². The van der Waals surface area contributed by atoms with Gasteiger partial charge in [0.2, 0.25) is 0 Å². The summed E-state index contributed by atoms with van der Waals surface area (Å²) in [7, 11) is 0.